The second-order valence-electron chi connectivity index (χ2n) is 4.14. The molecule has 1 aliphatic heterocycles. The molecule has 16 heavy (non-hydrogen) atoms. The number of terminal acetylenes is 1. The third-order valence-corrected chi connectivity index (χ3v) is 3.14. The van der Waals surface area contributed by atoms with Gasteiger partial charge in [0.1, 0.15) is 0 Å². The first-order chi connectivity index (χ1) is 7.74. The number of fused-ring (bicyclic) bond motifs is 1. The molecule has 0 saturated heterocycles. The van der Waals surface area contributed by atoms with Crippen LogP contribution in [0.2, 0.25) is 0 Å². The molecular formula is C15H15N. The van der Waals surface area contributed by atoms with E-state index in [-0.39, 0.29) is 0 Å². The van der Waals surface area contributed by atoms with Crippen LogP contribution in [0.3, 0.4) is 0 Å². The Morgan fingerprint density at radius 1 is 1.44 bits per heavy atom. The first-order valence-electron chi connectivity index (χ1n) is 5.51. The van der Waals surface area contributed by atoms with E-state index in [1.54, 1.807) is 6.08 Å². The van der Waals surface area contributed by atoms with Crippen LogP contribution in [-0.2, 0) is 0 Å². The van der Waals surface area contributed by atoms with Crippen molar-refractivity contribution < 1.29 is 0 Å². The molecule has 0 amide bonds. The molecule has 2 aliphatic rings. The van der Waals surface area contributed by atoms with Crippen LogP contribution in [0.5, 0.6) is 0 Å². The highest BCUT2D eigenvalue weighted by molar-refractivity contribution is 6.01. The van der Waals surface area contributed by atoms with Crippen LogP contribution in [0.4, 0.5) is 0 Å². The summed E-state index contributed by atoms with van der Waals surface area (Å²) >= 11 is 0. The van der Waals surface area contributed by atoms with Crippen LogP contribution in [-0.4, -0.2) is 5.71 Å². The zero-order chi connectivity index (χ0) is 11.5. The maximum Gasteiger partial charge on any atom is 0.0481 e. The fraction of sp³-hybridized carbons (Fsp3) is 0.267. The first kappa shape index (κ1) is 10.7. The summed E-state index contributed by atoms with van der Waals surface area (Å²) in [6, 6.07) is 0. The summed E-state index contributed by atoms with van der Waals surface area (Å²) in [5.74, 6) is 3.37. The zero-order valence-electron chi connectivity index (χ0n) is 9.64. The van der Waals surface area contributed by atoms with Crippen molar-refractivity contribution in [2.45, 2.75) is 13.8 Å². The van der Waals surface area contributed by atoms with Crippen molar-refractivity contribution in [1.29, 1.82) is 0 Å². The molecule has 0 radical (unpaired) electrons. The lowest BCUT2D eigenvalue weighted by atomic mass is 9.79. The normalized spacial score (nSPS) is 27.9. The molecule has 1 unspecified atom stereocenters. The number of allylic oxidation sites excluding steroid dienone is 8. The zero-order valence-corrected chi connectivity index (χ0v) is 9.64. The van der Waals surface area contributed by atoms with Crippen LogP contribution in [0.25, 0.3) is 0 Å². The predicted octanol–water partition coefficient (Wildman–Crippen LogP) is 3.28. The fourth-order valence-corrected chi connectivity index (χ4v) is 2.27. The molecule has 2 rings (SSSR count). The molecule has 0 fully saturated rings. The Balaban J connectivity index is 2.42. The Morgan fingerprint density at radius 3 is 3.00 bits per heavy atom. The number of aliphatic imine (C=N–C) groups is 1. The summed E-state index contributed by atoms with van der Waals surface area (Å²) in [6.45, 7) is 4.27. The van der Waals surface area contributed by atoms with Gasteiger partial charge in [-0.2, -0.15) is 0 Å². The minimum absolute atomic E-state index is 0.395. The molecule has 1 heterocycles. The summed E-state index contributed by atoms with van der Waals surface area (Å²) in [5.41, 5.74) is 3.47. The molecule has 0 saturated carbocycles. The van der Waals surface area contributed by atoms with Crippen LogP contribution in [0.1, 0.15) is 13.8 Å². The van der Waals surface area contributed by atoms with Crippen molar-refractivity contribution in [3.63, 3.8) is 0 Å². The number of hydrogen-bond donors (Lipinski definition) is 0. The van der Waals surface area contributed by atoms with Crippen LogP contribution < -0.4 is 0 Å². The Labute approximate surface area is 97.0 Å². The molecule has 1 nitrogen and oxygen atoms in total. The van der Waals surface area contributed by atoms with E-state index in [1.807, 2.05) is 19.1 Å². The molecule has 1 heteroatoms. The quantitative estimate of drug-likeness (QED) is 0.588. The highest BCUT2D eigenvalue weighted by Gasteiger charge is 2.27. The molecule has 0 bridgehead atoms. The Hall–Kier alpha value is -1.81. The van der Waals surface area contributed by atoms with Gasteiger partial charge in [0, 0.05) is 17.3 Å². The number of rotatable bonds is 1. The Morgan fingerprint density at radius 2 is 2.25 bits per heavy atom. The SMILES string of the molecule is C#C/C=C\C1=C(C)N=C2C=CC=C[C@H]2C1C. The highest BCUT2D eigenvalue weighted by atomic mass is 14.8. The molecule has 0 N–H and O–H groups in total. The second-order valence-corrected chi connectivity index (χ2v) is 4.14. The fourth-order valence-electron chi connectivity index (χ4n) is 2.27. The summed E-state index contributed by atoms with van der Waals surface area (Å²) < 4.78 is 0. The lowest BCUT2D eigenvalue weighted by Crippen LogP contribution is -2.25. The van der Waals surface area contributed by atoms with E-state index in [2.05, 4.69) is 36.1 Å². The Bertz CT molecular complexity index is 478. The van der Waals surface area contributed by atoms with Gasteiger partial charge >= 0.3 is 0 Å². The standard InChI is InChI=1S/C15H15N/c1-4-5-8-13-11(2)14-9-6-7-10-15(14)16-12(13)3/h1,5-11,14H,2-3H3/b8-5-/t11?,14-/m0/s1. The van der Waals surface area contributed by atoms with Crippen molar-refractivity contribution in [1.82, 2.24) is 0 Å². The largest absolute Gasteiger partial charge is 0.257 e. The monoisotopic (exact) mass is 209 g/mol. The predicted molar refractivity (Wildman–Crippen MR) is 69.0 cm³/mol. The average molecular weight is 209 g/mol. The van der Waals surface area contributed by atoms with Gasteiger partial charge in [0.2, 0.25) is 0 Å². The molecule has 0 aromatic heterocycles. The van der Waals surface area contributed by atoms with Crippen molar-refractivity contribution in [3.8, 4) is 12.3 Å². The van der Waals surface area contributed by atoms with Crippen molar-refractivity contribution in [3.05, 3.63) is 47.7 Å². The van der Waals surface area contributed by atoms with Gasteiger partial charge in [-0.05, 0) is 36.6 Å². The van der Waals surface area contributed by atoms with Crippen molar-refractivity contribution in [2.75, 3.05) is 0 Å². The summed E-state index contributed by atoms with van der Waals surface area (Å²) in [7, 11) is 0. The molecular weight excluding hydrogens is 194 g/mol. The van der Waals surface area contributed by atoms with Gasteiger partial charge < -0.3 is 0 Å². The number of hydrogen-bond acceptors (Lipinski definition) is 1. The first-order valence-corrected chi connectivity index (χ1v) is 5.51. The molecule has 0 aromatic carbocycles. The lowest BCUT2D eigenvalue weighted by Gasteiger charge is -2.29. The molecule has 0 spiro atoms. The minimum Gasteiger partial charge on any atom is -0.257 e. The summed E-state index contributed by atoms with van der Waals surface area (Å²) in [6.07, 6.45) is 17.4. The van der Waals surface area contributed by atoms with Crippen molar-refractivity contribution in [2.24, 2.45) is 16.8 Å². The average Bonchev–Trinajstić information content (AvgIpc) is 2.29. The van der Waals surface area contributed by atoms with Gasteiger partial charge in [0.25, 0.3) is 0 Å². The number of nitrogens with zero attached hydrogens (tertiary/aromatic N) is 1. The topological polar surface area (TPSA) is 12.4 Å². The second kappa shape index (κ2) is 4.37. The maximum atomic E-state index is 5.25. The van der Waals surface area contributed by atoms with Gasteiger partial charge in [0.15, 0.2) is 0 Å². The highest BCUT2D eigenvalue weighted by Crippen LogP contribution is 2.33. The van der Waals surface area contributed by atoms with Gasteiger partial charge in [-0.25, -0.2) is 0 Å². The molecule has 80 valence electrons. The van der Waals surface area contributed by atoms with Crippen LogP contribution >= 0.6 is 0 Å². The molecule has 2 atom stereocenters. The van der Waals surface area contributed by atoms with Crippen LogP contribution in [0.15, 0.2) is 52.7 Å². The van der Waals surface area contributed by atoms with E-state index in [9.17, 15) is 0 Å². The maximum absolute atomic E-state index is 5.25. The minimum atomic E-state index is 0.395. The van der Waals surface area contributed by atoms with E-state index >= 15 is 0 Å². The van der Waals surface area contributed by atoms with Gasteiger partial charge in [0.05, 0.1) is 0 Å². The van der Waals surface area contributed by atoms with E-state index in [1.165, 1.54) is 5.57 Å². The van der Waals surface area contributed by atoms with Crippen molar-refractivity contribution >= 4 is 5.71 Å². The van der Waals surface area contributed by atoms with E-state index in [0.717, 1.165) is 11.4 Å². The molecule has 0 aromatic rings. The van der Waals surface area contributed by atoms with Crippen LogP contribution in [0, 0.1) is 24.2 Å². The molecule has 1 aliphatic carbocycles. The van der Waals surface area contributed by atoms with Gasteiger partial charge in [-0.1, -0.05) is 31.1 Å². The summed E-state index contributed by atoms with van der Waals surface area (Å²) in [5, 5.41) is 0. The lowest BCUT2D eigenvalue weighted by molar-refractivity contribution is 0.599. The van der Waals surface area contributed by atoms with Gasteiger partial charge in [-0.15, -0.1) is 6.42 Å². The van der Waals surface area contributed by atoms with Gasteiger partial charge in [-0.3, -0.25) is 4.99 Å². The smallest absolute Gasteiger partial charge is 0.0481 e. The Kier molecular flexibility index (Phi) is 2.92. The summed E-state index contributed by atoms with van der Waals surface area (Å²) in [4.78, 5) is 4.63. The van der Waals surface area contributed by atoms with E-state index in [4.69, 9.17) is 6.42 Å². The third kappa shape index (κ3) is 1.79. The van der Waals surface area contributed by atoms with E-state index in [0.29, 0.717) is 11.8 Å². The van der Waals surface area contributed by atoms with E-state index < -0.39 is 0 Å². The third-order valence-electron chi connectivity index (χ3n) is 3.14.